The molecule has 0 saturated heterocycles. The lowest BCUT2D eigenvalue weighted by Gasteiger charge is -2.22. The van der Waals surface area contributed by atoms with E-state index in [0.29, 0.717) is 12.8 Å². The number of allylic oxidation sites excluding steroid dienone is 2. The molecule has 0 aliphatic heterocycles. The number of amides is 1. The van der Waals surface area contributed by atoms with Gasteiger partial charge in [-0.25, -0.2) is 0 Å². The third-order valence-corrected chi connectivity index (χ3v) is 10.8. The Labute approximate surface area is 314 Å². The molecule has 0 rings (SSSR count). The number of nitrogens with one attached hydrogen (secondary N) is 1. The zero-order valence-electron chi connectivity index (χ0n) is 34.2. The minimum Gasteiger partial charge on any atom is -0.394 e. The summed E-state index contributed by atoms with van der Waals surface area (Å²) >= 11 is 0. The van der Waals surface area contributed by atoms with Crippen molar-refractivity contribution >= 4 is 5.91 Å². The van der Waals surface area contributed by atoms with Gasteiger partial charge < -0.3 is 15.5 Å². The minimum absolute atomic E-state index is 0.0282. The lowest BCUT2D eigenvalue weighted by molar-refractivity contribution is -0.123. The van der Waals surface area contributed by atoms with Gasteiger partial charge in [0.05, 0.1) is 18.8 Å². The van der Waals surface area contributed by atoms with Gasteiger partial charge in [0.2, 0.25) is 5.91 Å². The molecule has 4 heteroatoms. The van der Waals surface area contributed by atoms with Crippen LogP contribution in [0.25, 0.3) is 0 Å². The number of aliphatic hydroxyl groups is 2. The SMILES string of the molecule is CCCCCCCC/C=C/CCCCCCCCCCCCCCCC(=O)N[C@@H](CO)[C@H](O)CCCCCCCCCCCCCCCCC. The first-order chi connectivity index (χ1) is 24.7. The largest absolute Gasteiger partial charge is 0.394 e. The van der Waals surface area contributed by atoms with Gasteiger partial charge in [-0.1, -0.05) is 225 Å². The molecular weight excluding hydrogens is 615 g/mol. The van der Waals surface area contributed by atoms with E-state index in [9.17, 15) is 15.0 Å². The molecule has 0 aromatic heterocycles. The Morgan fingerprint density at radius 3 is 1.10 bits per heavy atom. The van der Waals surface area contributed by atoms with Crippen molar-refractivity contribution in [1.29, 1.82) is 0 Å². The second-order valence-electron chi connectivity index (χ2n) is 15.8. The van der Waals surface area contributed by atoms with E-state index in [1.165, 1.54) is 205 Å². The number of unbranched alkanes of at least 4 members (excludes halogenated alkanes) is 33. The maximum atomic E-state index is 12.4. The molecule has 0 unspecified atom stereocenters. The van der Waals surface area contributed by atoms with E-state index in [4.69, 9.17) is 0 Å². The molecule has 0 saturated carbocycles. The number of carbonyl (C=O) groups excluding carboxylic acids is 1. The molecule has 0 aliphatic carbocycles. The lowest BCUT2D eigenvalue weighted by atomic mass is 10.0. The van der Waals surface area contributed by atoms with Crippen molar-refractivity contribution in [3.63, 3.8) is 0 Å². The molecule has 0 spiro atoms. The fourth-order valence-electron chi connectivity index (χ4n) is 7.24. The monoisotopic (exact) mass is 706 g/mol. The second kappa shape index (κ2) is 42.5. The quantitative estimate of drug-likeness (QED) is 0.0437. The van der Waals surface area contributed by atoms with Gasteiger partial charge in [-0.2, -0.15) is 0 Å². The molecule has 1 amide bonds. The van der Waals surface area contributed by atoms with Crippen molar-refractivity contribution in [3.05, 3.63) is 12.2 Å². The Morgan fingerprint density at radius 1 is 0.460 bits per heavy atom. The summed E-state index contributed by atoms with van der Waals surface area (Å²) in [5, 5.41) is 23.2. The summed E-state index contributed by atoms with van der Waals surface area (Å²) < 4.78 is 0. The average molecular weight is 706 g/mol. The first-order valence-corrected chi connectivity index (χ1v) is 22.9. The number of hydrogen-bond donors (Lipinski definition) is 3. The zero-order valence-corrected chi connectivity index (χ0v) is 34.2. The molecule has 0 aliphatic rings. The van der Waals surface area contributed by atoms with Gasteiger partial charge >= 0.3 is 0 Å². The Balaban J connectivity index is 3.46. The van der Waals surface area contributed by atoms with Gasteiger partial charge in [-0.05, 0) is 38.5 Å². The highest BCUT2D eigenvalue weighted by atomic mass is 16.3. The van der Waals surface area contributed by atoms with Crippen LogP contribution < -0.4 is 5.32 Å². The van der Waals surface area contributed by atoms with Gasteiger partial charge in [0.15, 0.2) is 0 Å². The van der Waals surface area contributed by atoms with E-state index >= 15 is 0 Å². The van der Waals surface area contributed by atoms with E-state index < -0.39 is 12.1 Å². The van der Waals surface area contributed by atoms with Crippen LogP contribution in [-0.4, -0.2) is 34.9 Å². The van der Waals surface area contributed by atoms with E-state index in [1.807, 2.05) is 0 Å². The number of carbonyl (C=O) groups is 1. The second-order valence-corrected chi connectivity index (χ2v) is 15.8. The molecule has 0 radical (unpaired) electrons. The summed E-state index contributed by atoms with van der Waals surface area (Å²) in [6, 6.07) is -0.532. The summed E-state index contributed by atoms with van der Waals surface area (Å²) in [6.45, 7) is 4.37. The van der Waals surface area contributed by atoms with Gasteiger partial charge in [0.25, 0.3) is 0 Å². The molecule has 50 heavy (non-hydrogen) atoms. The molecular formula is C46H91NO3. The maximum absolute atomic E-state index is 12.4. The van der Waals surface area contributed by atoms with Crippen LogP contribution in [0.4, 0.5) is 0 Å². The van der Waals surface area contributed by atoms with Crippen molar-refractivity contribution in [2.45, 2.75) is 270 Å². The topological polar surface area (TPSA) is 69.6 Å². The molecule has 0 aromatic carbocycles. The Kier molecular flexibility index (Phi) is 41.8. The molecule has 0 aromatic rings. The molecule has 2 atom stereocenters. The fourth-order valence-corrected chi connectivity index (χ4v) is 7.24. The van der Waals surface area contributed by atoms with E-state index in [-0.39, 0.29) is 12.5 Å². The Hall–Kier alpha value is -0.870. The maximum Gasteiger partial charge on any atom is 0.220 e. The summed E-state index contributed by atoms with van der Waals surface area (Å²) in [4.78, 5) is 12.4. The predicted molar refractivity (Wildman–Crippen MR) is 221 cm³/mol. The normalized spacial score (nSPS) is 13.0. The van der Waals surface area contributed by atoms with Crippen LogP contribution in [0.5, 0.6) is 0 Å². The molecule has 0 bridgehead atoms. The summed E-state index contributed by atoms with van der Waals surface area (Å²) in [5.74, 6) is -0.0282. The highest BCUT2D eigenvalue weighted by Crippen LogP contribution is 2.16. The van der Waals surface area contributed by atoms with E-state index in [0.717, 1.165) is 25.7 Å². The summed E-state index contributed by atoms with van der Waals surface area (Å²) in [7, 11) is 0. The van der Waals surface area contributed by atoms with Crippen LogP contribution in [0, 0.1) is 0 Å². The predicted octanol–water partition coefficient (Wildman–Crippen LogP) is 14.2. The van der Waals surface area contributed by atoms with Gasteiger partial charge in [0.1, 0.15) is 0 Å². The van der Waals surface area contributed by atoms with Gasteiger partial charge in [-0.15, -0.1) is 0 Å². The average Bonchev–Trinajstić information content (AvgIpc) is 3.12. The lowest BCUT2D eigenvalue weighted by Crippen LogP contribution is -2.45. The summed E-state index contributed by atoms with van der Waals surface area (Å²) in [6.07, 6.45) is 52.9. The molecule has 4 nitrogen and oxygen atoms in total. The number of aliphatic hydroxyl groups excluding tert-OH is 2. The Morgan fingerprint density at radius 2 is 0.760 bits per heavy atom. The highest BCUT2D eigenvalue weighted by Gasteiger charge is 2.20. The fraction of sp³-hybridized carbons (Fsp3) is 0.935. The van der Waals surface area contributed by atoms with Crippen molar-refractivity contribution in [3.8, 4) is 0 Å². The zero-order chi connectivity index (χ0) is 36.4. The molecule has 298 valence electrons. The standard InChI is InChI=1S/C46H91NO3/c1-3-5-7-9-11-13-15-17-19-20-21-22-23-24-25-26-28-30-32-34-36-38-40-42-46(50)47-44(43-48)45(49)41-39-37-35-33-31-29-27-18-16-14-12-10-8-6-4-2/h17,19,44-45,48-49H,3-16,18,20-43H2,1-2H3,(H,47,50)/b19-17+/t44-,45+/m0/s1. The first kappa shape index (κ1) is 49.1. The van der Waals surface area contributed by atoms with Crippen LogP contribution in [0.2, 0.25) is 0 Å². The van der Waals surface area contributed by atoms with Crippen LogP contribution in [0.15, 0.2) is 12.2 Å². The van der Waals surface area contributed by atoms with Crippen LogP contribution in [0.1, 0.15) is 258 Å². The molecule has 0 fully saturated rings. The van der Waals surface area contributed by atoms with Gasteiger partial charge in [0, 0.05) is 6.42 Å². The van der Waals surface area contributed by atoms with Crippen molar-refractivity contribution in [2.75, 3.05) is 6.61 Å². The van der Waals surface area contributed by atoms with Crippen molar-refractivity contribution in [1.82, 2.24) is 5.32 Å². The third-order valence-electron chi connectivity index (χ3n) is 10.8. The number of rotatable bonds is 42. The van der Waals surface area contributed by atoms with Crippen LogP contribution in [-0.2, 0) is 4.79 Å². The smallest absolute Gasteiger partial charge is 0.220 e. The van der Waals surface area contributed by atoms with Crippen molar-refractivity contribution < 1.29 is 15.0 Å². The minimum atomic E-state index is -0.655. The summed E-state index contributed by atoms with van der Waals surface area (Å²) in [5.41, 5.74) is 0. The van der Waals surface area contributed by atoms with E-state index in [2.05, 4.69) is 31.3 Å². The van der Waals surface area contributed by atoms with Crippen LogP contribution >= 0.6 is 0 Å². The molecule has 3 N–H and O–H groups in total. The van der Waals surface area contributed by atoms with Crippen LogP contribution in [0.3, 0.4) is 0 Å². The van der Waals surface area contributed by atoms with E-state index in [1.54, 1.807) is 0 Å². The molecule has 0 heterocycles. The Bertz CT molecular complexity index is 680. The van der Waals surface area contributed by atoms with Crippen molar-refractivity contribution in [2.24, 2.45) is 0 Å². The van der Waals surface area contributed by atoms with Gasteiger partial charge in [-0.3, -0.25) is 4.79 Å². The highest BCUT2D eigenvalue weighted by molar-refractivity contribution is 5.76. The third kappa shape index (κ3) is 38.4. The number of hydrogen-bond acceptors (Lipinski definition) is 3. The first-order valence-electron chi connectivity index (χ1n) is 22.9.